The number of unbranched alkanes of at least 4 members (excludes halogenated alkanes) is 4. The van der Waals surface area contributed by atoms with Crippen LogP contribution in [0.15, 0.2) is 0 Å². The van der Waals surface area contributed by atoms with Crippen LogP contribution in [0.1, 0.15) is 146 Å². The molecule has 0 bridgehead atoms. The first-order chi connectivity index (χ1) is 25.7. The summed E-state index contributed by atoms with van der Waals surface area (Å²) in [6.07, 6.45) is 2.09. The predicted octanol–water partition coefficient (Wildman–Crippen LogP) is 8.30. The molecule has 0 spiro atoms. The van der Waals surface area contributed by atoms with Crippen molar-refractivity contribution in [3.8, 4) is 5.75 Å². The Morgan fingerprint density at radius 2 is 0.964 bits per heavy atom. The largest absolute Gasteiger partial charge is 0.460 e. The van der Waals surface area contributed by atoms with Gasteiger partial charge in [0.05, 0.1) is 11.8 Å². The van der Waals surface area contributed by atoms with Crippen molar-refractivity contribution in [1.29, 1.82) is 0 Å². The van der Waals surface area contributed by atoms with Gasteiger partial charge >= 0.3 is 23.9 Å². The van der Waals surface area contributed by atoms with Gasteiger partial charge in [0.25, 0.3) is 0 Å². The van der Waals surface area contributed by atoms with Gasteiger partial charge in [-0.15, -0.1) is 0 Å². The molecule has 0 unspecified atom stereocenters. The summed E-state index contributed by atoms with van der Waals surface area (Å²) in [5.74, 6) is -18.2. The van der Waals surface area contributed by atoms with E-state index in [4.69, 9.17) is 14.2 Å². The number of ether oxygens (including phenoxy) is 4. The number of benzene rings is 1. The van der Waals surface area contributed by atoms with Crippen molar-refractivity contribution in [2.45, 2.75) is 163 Å². The minimum atomic E-state index is -2.36. The second-order valence-electron chi connectivity index (χ2n) is 16.7. The lowest BCUT2D eigenvalue weighted by molar-refractivity contribution is -0.162. The van der Waals surface area contributed by atoms with Gasteiger partial charge in [-0.3, -0.25) is 28.8 Å². The molecule has 0 aliphatic rings. The fourth-order valence-electron chi connectivity index (χ4n) is 5.27. The van der Waals surface area contributed by atoms with E-state index >= 15 is 0 Å². The van der Waals surface area contributed by atoms with Crippen molar-refractivity contribution in [2.24, 2.45) is 11.8 Å². The fourth-order valence-corrected chi connectivity index (χ4v) is 5.27. The number of amides is 1. The maximum Gasteiger partial charge on any atom is 0.311 e. The minimum Gasteiger partial charge on any atom is -0.460 e. The van der Waals surface area contributed by atoms with E-state index < -0.39 is 87.4 Å². The molecule has 318 valence electrons. The molecule has 0 heterocycles. The molecule has 11 nitrogen and oxygen atoms in total. The zero-order valence-corrected chi connectivity index (χ0v) is 34.0. The third kappa shape index (κ3) is 20.2. The molecule has 16 heteroatoms. The van der Waals surface area contributed by atoms with Crippen LogP contribution in [0.3, 0.4) is 0 Å². The molecular formula is C40H58F5NO10. The third-order valence-corrected chi connectivity index (χ3v) is 7.77. The molecule has 1 aromatic carbocycles. The van der Waals surface area contributed by atoms with Crippen molar-refractivity contribution in [1.82, 2.24) is 5.32 Å². The van der Waals surface area contributed by atoms with Crippen molar-refractivity contribution >= 4 is 35.6 Å². The third-order valence-electron chi connectivity index (χ3n) is 7.77. The van der Waals surface area contributed by atoms with Crippen LogP contribution in [0.2, 0.25) is 0 Å². The lowest BCUT2D eigenvalue weighted by Crippen LogP contribution is -2.32. The van der Waals surface area contributed by atoms with Gasteiger partial charge in [-0.25, -0.2) is 13.2 Å². The smallest absolute Gasteiger partial charge is 0.311 e. The molecule has 1 amide bonds. The molecule has 0 radical (unpaired) electrons. The van der Waals surface area contributed by atoms with Gasteiger partial charge in [0.1, 0.15) is 22.6 Å². The quantitative estimate of drug-likeness (QED) is 0.0231. The number of hydrogen-bond acceptors (Lipinski definition) is 10. The number of nitrogens with one attached hydrogen (secondary N) is 1. The number of esters is 4. The Labute approximate surface area is 326 Å². The number of ketones is 1. The Kier molecular flexibility index (Phi) is 20.1. The lowest BCUT2D eigenvalue weighted by atomic mass is 9.90. The fraction of sp³-hybridized carbons (Fsp3) is 0.700. The first-order valence-corrected chi connectivity index (χ1v) is 18.9. The molecule has 0 saturated carbocycles. The van der Waals surface area contributed by atoms with Gasteiger partial charge in [-0.1, -0.05) is 19.3 Å². The molecule has 1 rings (SSSR count). The second kappa shape index (κ2) is 22.6. The second-order valence-corrected chi connectivity index (χ2v) is 16.7. The Morgan fingerprint density at radius 1 is 0.518 bits per heavy atom. The topological polar surface area (TPSA) is 151 Å². The van der Waals surface area contributed by atoms with Crippen LogP contribution in [0.4, 0.5) is 22.0 Å². The molecule has 0 aliphatic carbocycles. The number of rotatable bonds is 22. The highest BCUT2D eigenvalue weighted by molar-refractivity contribution is 5.88. The molecule has 0 aromatic heterocycles. The highest BCUT2D eigenvalue weighted by atomic mass is 19.2. The van der Waals surface area contributed by atoms with Crippen LogP contribution < -0.4 is 10.1 Å². The van der Waals surface area contributed by atoms with E-state index in [9.17, 15) is 50.7 Å². The van der Waals surface area contributed by atoms with E-state index in [1.165, 1.54) is 0 Å². The van der Waals surface area contributed by atoms with Gasteiger partial charge in [0.15, 0.2) is 0 Å². The number of hydrogen-bond donors (Lipinski definition) is 1. The standard InChI is InChI=1S/C40H58F5NO10/c1-38(2,3)54-29(50)20-19-25(37(52)56-40(7,8)9)23-26(47)22-24(36(51)55-39(4,5)6)16-14-15-21-46-27(48)17-12-10-11-13-18-28(49)53-35-33(44)31(42)30(41)32(43)34(35)45/h24-25H,10-23H2,1-9H3,(H,46,48)/t24-,25-/m1/s1. The Bertz CT molecular complexity index is 1500. The summed E-state index contributed by atoms with van der Waals surface area (Å²) in [4.78, 5) is 76.0. The maximum atomic E-state index is 13.7. The van der Waals surface area contributed by atoms with Crippen LogP contribution in [-0.4, -0.2) is 58.9 Å². The molecule has 0 saturated heterocycles. The summed E-state index contributed by atoms with van der Waals surface area (Å²) in [5.41, 5.74) is -2.36. The molecule has 0 aliphatic heterocycles. The van der Waals surface area contributed by atoms with Gasteiger partial charge in [-0.2, -0.15) is 8.78 Å². The van der Waals surface area contributed by atoms with Gasteiger partial charge in [0.2, 0.25) is 40.7 Å². The van der Waals surface area contributed by atoms with Crippen LogP contribution in [0.5, 0.6) is 5.75 Å². The summed E-state index contributed by atoms with van der Waals surface area (Å²) in [6.45, 7) is 15.6. The van der Waals surface area contributed by atoms with Crippen molar-refractivity contribution in [3.63, 3.8) is 0 Å². The van der Waals surface area contributed by atoms with Crippen LogP contribution in [0, 0.1) is 40.9 Å². The summed E-state index contributed by atoms with van der Waals surface area (Å²) in [6, 6.07) is 0. The molecule has 56 heavy (non-hydrogen) atoms. The van der Waals surface area contributed by atoms with Gasteiger partial charge in [0, 0.05) is 38.6 Å². The summed E-state index contributed by atoms with van der Waals surface area (Å²) >= 11 is 0. The average molecular weight is 808 g/mol. The Balaban J connectivity index is 2.59. The molecule has 1 N–H and O–H groups in total. The molecular weight excluding hydrogens is 749 g/mol. The van der Waals surface area contributed by atoms with Gasteiger partial charge in [-0.05, 0) is 94.4 Å². The monoisotopic (exact) mass is 807 g/mol. The Hall–Kier alpha value is -4.11. The minimum absolute atomic E-state index is 0.0248. The summed E-state index contributed by atoms with van der Waals surface area (Å²) in [5, 5.41) is 2.77. The van der Waals surface area contributed by atoms with Crippen molar-refractivity contribution in [2.75, 3.05) is 6.54 Å². The van der Waals surface area contributed by atoms with E-state index in [0.29, 0.717) is 38.6 Å². The zero-order valence-electron chi connectivity index (χ0n) is 34.0. The van der Waals surface area contributed by atoms with E-state index in [0.717, 1.165) is 0 Å². The first-order valence-electron chi connectivity index (χ1n) is 18.9. The van der Waals surface area contributed by atoms with Crippen LogP contribution >= 0.6 is 0 Å². The maximum absolute atomic E-state index is 13.7. The average Bonchev–Trinajstić information content (AvgIpc) is 3.05. The highest BCUT2D eigenvalue weighted by Gasteiger charge is 2.33. The molecule has 1 aromatic rings. The van der Waals surface area contributed by atoms with Crippen molar-refractivity contribution < 1.29 is 69.7 Å². The van der Waals surface area contributed by atoms with E-state index in [1.807, 2.05) is 0 Å². The summed E-state index contributed by atoms with van der Waals surface area (Å²) < 4.78 is 88.0. The number of carbonyl (C=O) groups is 6. The highest BCUT2D eigenvalue weighted by Crippen LogP contribution is 2.30. The predicted molar refractivity (Wildman–Crippen MR) is 194 cm³/mol. The zero-order chi connectivity index (χ0) is 43.0. The van der Waals surface area contributed by atoms with E-state index in [1.54, 1.807) is 62.3 Å². The van der Waals surface area contributed by atoms with Crippen molar-refractivity contribution in [3.05, 3.63) is 29.1 Å². The summed E-state index contributed by atoms with van der Waals surface area (Å²) in [7, 11) is 0. The SMILES string of the molecule is CC(C)(C)OC(=O)CC[C@H](CC(=O)C[C@@H](CCCCNC(=O)CCCCCCC(=O)Oc1c(F)c(F)c(F)c(F)c1F)C(=O)OC(C)(C)C)C(=O)OC(C)(C)C. The van der Waals surface area contributed by atoms with Crippen LogP contribution in [0.25, 0.3) is 0 Å². The number of carbonyl (C=O) groups excluding carboxylic acids is 6. The number of halogens is 5. The molecule has 2 atom stereocenters. The number of Topliss-reactive ketones (excluding diaryl/α,β-unsaturated/α-hetero) is 1. The van der Waals surface area contributed by atoms with Crippen LogP contribution in [-0.2, 0) is 43.0 Å². The van der Waals surface area contributed by atoms with E-state index in [2.05, 4.69) is 10.1 Å². The first kappa shape index (κ1) is 49.9. The molecule has 0 fully saturated rings. The lowest BCUT2D eigenvalue weighted by Gasteiger charge is -2.25. The Morgan fingerprint density at radius 3 is 1.45 bits per heavy atom. The normalized spacial score (nSPS) is 13.0. The van der Waals surface area contributed by atoms with Gasteiger partial charge < -0.3 is 24.3 Å². The van der Waals surface area contributed by atoms with E-state index in [-0.39, 0.29) is 63.1 Å².